The number of carbonyl (C=O) groups is 1. The van der Waals surface area contributed by atoms with E-state index in [1.165, 1.54) is 0 Å². The van der Waals surface area contributed by atoms with E-state index in [-0.39, 0.29) is 5.97 Å². The highest BCUT2D eigenvalue weighted by Gasteiger charge is 2.06. The fraction of sp³-hybridized carbons (Fsp3) is 0.500. The van der Waals surface area contributed by atoms with Crippen LogP contribution < -0.4 is 4.74 Å². The first-order chi connectivity index (χ1) is 9.77. The van der Waals surface area contributed by atoms with Crippen molar-refractivity contribution in [2.24, 2.45) is 5.11 Å². The van der Waals surface area contributed by atoms with Crippen molar-refractivity contribution in [2.45, 2.75) is 25.7 Å². The average Bonchev–Trinajstić information content (AvgIpc) is 2.50. The molecule has 0 amide bonds. The van der Waals surface area contributed by atoms with Crippen molar-refractivity contribution in [1.29, 1.82) is 0 Å². The predicted octanol–water partition coefficient (Wildman–Crippen LogP) is 3.72. The van der Waals surface area contributed by atoms with Crippen LogP contribution in [0.15, 0.2) is 29.4 Å². The fourth-order valence-electron chi connectivity index (χ4n) is 1.66. The number of ether oxygens (including phenoxy) is 2. The van der Waals surface area contributed by atoms with E-state index < -0.39 is 0 Å². The Labute approximate surface area is 118 Å². The molecule has 6 heteroatoms. The molecule has 0 aromatic heterocycles. The zero-order valence-corrected chi connectivity index (χ0v) is 11.6. The molecule has 0 atom stereocenters. The summed E-state index contributed by atoms with van der Waals surface area (Å²) in [7, 11) is 1.58. The maximum absolute atomic E-state index is 11.7. The minimum absolute atomic E-state index is 0.318. The topological polar surface area (TPSA) is 84.3 Å². The molecule has 0 radical (unpaired) electrons. The van der Waals surface area contributed by atoms with Crippen LogP contribution >= 0.6 is 0 Å². The van der Waals surface area contributed by atoms with Gasteiger partial charge in [-0.1, -0.05) is 18.0 Å². The van der Waals surface area contributed by atoms with Crippen LogP contribution in [-0.4, -0.2) is 26.2 Å². The van der Waals surface area contributed by atoms with Crippen molar-refractivity contribution in [3.8, 4) is 5.75 Å². The number of hydrogen-bond donors (Lipinski definition) is 0. The molecule has 20 heavy (non-hydrogen) atoms. The summed E-state index contributed by atoms with van der Waals surface area (Å²) in [6, 6.07) is 6.82. The highest BCUT2D eigenvalue weighted by atomic mass is 16.5. The third-order valence-corrected chi connectivity index (χ3v) is 2.77. The number of benzene rings is 1. The van der Waals surface area contributed by atoms with Crippen LogP contribution in [-0.2, 0) is 4.74 Å². The minimum atomic E-state index is -0.318. The molecule has 0 saturated heterocycles. The van der Waals surface area contributed by atoms with Crippen LogP contribution in [0.2, 0.25) is 0 Å². The number of carbonyl (C=O) groups excluding carboxylic acids is 1. The molecular formula is C14H19N3O3. The summed E-state index contributed by atoms with van der Waals surface area (Å²) in [6.45, 7) is 0.939. The van der Waals surface area contributed by atoms with E-state index in [0.717, 1.165) is 25.7 Å². The summed E-state index contributed by atoms with van der Waals surface area (Å²) in [5.74, 6) is 0.392. The largest absolute Gasteiger partial charge is 0.497 e. The normalized spacial score (nSPS) is 9.65. The Bertz CT molecular complexity index is 453. The van der Waals surface area contributed by atoms with Gasteiger partial charge in [0.25, 0.3) is 0 Å². The quantitative estimate of drug-likeness (QED) is 0.227. The van der Waals surface area contributed by atoms with Crippen molar-refractivity contribution >= 4 is 5.97 Å². The lowest BCUT2D eigenvalue weighted by Crippen LogP contribution is -2.06. The summed E-state index contributed by atoms with van der Waals surface area (Å²) < 4.78 is 10.2. The summed E-state index contributed by atoms with van der Waals surface area (Å²) >= 11 is 0. The molecule has 0 N–H and O–H groups in total. The molecule has 0 fully saturated rings. The van der Waals surface area contributed by atoms with Gasteiger partial charge >= 0.3 is 5.97 Å². The first kappa shape index (κ1) is 15.9. The Morgan fingerprint density at radius 3 is 2.55 bits per heavy atom. The zero-order chi connectivity index (χ0) is 14.6. The van der Waals surface area contributed by atoms with E-state index in [1.54, 1.807) is 31.4 Å². The molecule has 0 aliphatic carbocycles. The van der Waals surface area contributed by atoms with Crippen LogP contribution in [0.1, 0.15) is 36.0 Å². The van der Waals surface area contributed by atoms with Crippen LogP contribution in [0.4, 0.5) is 0 Å². The fourth-order valence-corrected chi connectivity index (χ4v) is 1.66. The van der Waals surface area contributed by atoms with Gasteiger partial charge in [-0.2, -0.15) is 0 Å². The molecule has 0 bridgehead atoms. The Balaban J connectivity index is 2.14. The summed E-state index contributed by atoms with van der Waals surface area (Å²) in [6.07, 6.45) is 3.62. The van der Waals surface area contributed by atoms with E-state index in [2.05, 4.69) is 10.0 Å². The van der Waals surface area contributed by atoms with Gasteiger partial charge in [-0.15, -0.1) is 0 Å². The molecule has 0 heterocycles. The highest BCUT2D eigenvalue weighted by molar-refractivity contribution is 5.89. The molecular weight excluding hydrogens is 258 g/mol. The monoisotopic (exact) mass is 277 g/mol. The summed E-state index contributed by atoms with van der Waals surface area (Å²) in [4.78, 5) is 14.4. The second kappa shape index (κ2) is 9.69. The molecule has 0 unspecified atom stereocenters. The van der Waals surface area contributed by atoms with Crippen LogP contribution in [0, 0.1) is 0 Å². The number of azide groups is 1. The van der Waals surface area contributed by atoms with E-state index >= 15 is 0 Å². The molecule has 6 nitrogen and oxygen atoms in total. The second-order valence-corrected chi connectivity index (χ2v) is 4.23. The third-order valence-electron chi connectivity index (χ3n) is 2.77. The molecule has 1 rings (SSSR count). The molecule has 0 saturated carbocycles. The molecule has 0 aliphatic rings. The van der Waals surface area contributed by atoms with Crippen LogP contribution in [0.25, 0.3) is 10.4 Å². The molecule has 0 spiro atoms. The van der Waals surface area contributed by atoms with E-state index in [0.29, 0.717) is 24.5 Å². The number of hydrogen-bond acceptors (Lipinski definition) is 4. The number of rotatable bonds is 9. The van der Waals surface area contributed by atoms with Crippen molar-refractivity contribution < 1.29 is 14.3 Å². The van der Waals surface area contributed by atoms with Crippen molar-refractivity contribution in [3.63, 3.8) is 0 Å². The maximum atomic E-state index is 11.7. The van der Waals surface area contributed by atoms with Gasteiger partial charge in [0.2, 0.25) is 0 Å². The first-order valence-corrected chi connectivity index (χ1v) is 6.60. The maximum Gasteiger partial charge on any atom is 0.338 e. The Morgan fingerprint density at radius 2 is 1.90 bits per heavy atom. The van der Waals surface area contributed by atoms with Crippen molar-refractivity contribution in [3.05, 3.63) is 40.3 Å². The highest BCUT2D eigenvalue weighted by Crippen LogP contribution is 2.12. The van der Waals surface area contributed by atoms with Gasteiger partial charge in [-0.3, -0.25) is 0 Å². The minimum Gasteiger partial charge on any atom is -0.497 e. The second-order valence-electron chi connectivity index (χ2n) is 4.23. The third kappa shape index (κ3) is 6.11. The van der Waals surface area contributed by atoms with Gasteiger partial charge in [0.05, 0.1) is 19.3 Å². The van der Waals surface area contributed by atoms with Crippen LogP contribution in [0.3, 0.4) is 0 Å². The Hall–Kier alpha value is -2.20. The Morgan fingerprint density at radius 1 is 1.20 bits per heavy atom. The number of esters is 1. The van der Waals surface area contributed by atoms with Crippen molar-refractivity contribution in [2.75, 3.05) is 20.3 Å². The van der Waals surface area contributed by atoms with Gasteiger partial charge in [-0.25, -0.2) is 4.79 Å². The first-order valence-electron chi connectivity index (χ1n) is 6.60. The summed E-state index contributed by atoms with van der Waals surface area (Å²) in [5.41, 5.74) is 8.62. The number of unbranched alkanes of at least 4 members (excludes halogenated alkanes) is 3. The van der Waals surface area contributed by atoms with Gasteiger partial charge in [0.1, 0.15) is 5.75 Å². The smallest absolute Gasteiger partial charge is 0.338 e. The molecule has 108 valence electrons. The van der Waals surface area contributed by atoms with Gasteiger partial charge < -0.3 is 9.47 Å². The predicted molar refractivity (Wildman–Crippen MR) is 75.8 cm³/mol. The van der Waals surface area contributed by atoms with Crippen molar-refractivity contribution in [1.82, 2.24) is 0 Å². The van der Waals surface area contributed by atoms with Crippen LogP contribution in [0.5, 0.6) is 5.75 Å². The SMILES string of the molecule is COc1ccc(C(=O)OCCCCCCN=[N+]=[N-])cc1. The summed E-state index contributed by atoms with van der Waals surface area (Å²) in [5, 5.41) is 3.46. The van der Waals surface area contributed by atoms with Gasteiger partial charge in [0, 0.05) is 11.5 Å². The lowest BCUT2D eigenvalue weighted by molar-refractivity contribution is 0.0497. The molecule has 1 aromatic rings. The van der Waals surface area contributed by atoms with E-state index in [9.17, 15) is 4.79 Å². The number of nitrogens with zero attached hydrogens (tertiary/aromatic N) is 3. The average molecular weight is 277 g/mol. The molecule has 0 aliphatic heterocycles. The standard InChI is InChI=1S/C14H19N3O3/c1-19-13-8-6-12(7-9-13)14(18)20-11-5-3-2-4-10-16-17-15/h6-9H,2-5,10-11H2,1H3. The zero-order valence-electron chi connectivity index (χ0n) is 11.6. The Kier molecular flexibility index (Phi) is 7.69. The van der Waals surface area contributed by atoms with E-state index in [1.807, 2.05) is 0 Å². The lowest BCUT2D eigenvalue weighted by atomic mass is 10.2. The molecule has 1 aromatic carbocycles. The van der Waals surface area contributed by atoms with Gasteiger partial charge in [0.15, 0.2) is 0 Å². The lowest BCUT2D eigenvalue weighted by Gasteiger charge is -2.05. The van der Waals surface area contributed by atoms with Gasteiger partial charge in [-0.05, 0) is 42.6 Å². The number of methoxy groups -OCH3 is 1. The van der Waals surface area contributed by atoms with E-state index in [4.69, 9.17) is 15.0 Å².